The van der Waals surface area contributed by atoms with Crippen LogP contribution in [0, 0.1) is 6.92 Å². The molecule has 21 heavy (non-hydrogen) atoms. The molecule has 108 valence electrons. The Kier molecular flexibility index (Phi) is 3.83. The van der Waals surface area contributed by atoms with Crippen LogP contribution in [0.5, 0.6) is 0 Å². The van der Waals surface area contributed by atoms with Gasteiger partial charge in [0, 0.05) is 25.0 Å². The monoisotopic (exact) mass is 302 g/mol. The molecule has 3 aromatic rings. The van der Waals surface area contributed by atoms with Crippen molar-refractivity contribution in [1.29, 1.82) is 0 Å². The smallest absolute Gasteiger partial charge is 0.273 e. The summed E-state index contributed by atoms with van der Waals surface area (Å²) in [6, 6.07) is 5.51. The van der Waals surface area contributed by atoms with E-state index in [4.69, 9.17) is 4.52 Å². The molecule has 0 aromatic carbocycles. The summed E-state index contributed by atoms with van der Waals surface area (Å²) in [5, 5.41) is 12.7. The number of aryl methyl sites for hydroxylation is 1. The van der Waals surface area contributed by atoms with E-state index in [-0.39, 0.29) is 11.6 Å². The van der Waals surface area contributed by atoms with Crippen LogP contribution < -0.4 is 5.32 Å². The van der Waals surface area contributed by atoms with Crippen molar-refractivity contribution in [3.63, 3.8) is 0 Å². The van der Waals surface area contributed by atoms with Gasteiger partial charge in [0.25, 0.3) is 5.91 Å². The van der Waals surface area contributed by atoms with Crippen LogP contribution in [0.3, 0.4) is 0 Å². The summed E-state index contributed by atoms with van der Waals surface area (Å²) in [5.41, 5.74) is 1.45. The van der Waals surface area contributed by atoms with E-state index >= 15 is 0 Å². The summed E-state index contributed by atoms with van der Waals surface area (Å²) in [6.45, 7) is 3.12. The van der Waals surface area contributed by atoms with Crippen molar-refractivity contribution in [2.45, 2.75) is 13.5 Å². The van der Waals surface area contributed by atoms with Gasteiger partial charge in [0.05, 0.1) is 11.4 Å². The molecular formula is C14H14N4O2S. The Balaban J connectivity index is 1.59. The SMILES string of the molecule is Cc1csc(-c2cc(C(=O)NCCn3cccn3)no2)c1. The average Bonchev–Trinajstić information content (AvgIpc) is 3.19. The van der Waals surface area contributed by atoms with Crippen molar-refractivity contribution in [2.24, 2.45) is 0 Å². The Bertz CT molecular complexity index is 730. The molecule has 0 aliphatic carbocycles. The third kappa shape index (κ3) is 3.19. The number of amides is 1. The molecule has 1 N–H and O–H groups in total. The Morgan fingerprint density at radius 2 is 2.38 bits per heavy atom. The van der Waals surface area contributed by atoms with Gasteiger partial charge in [-0.05, 0) is 30.0 Å². The Morgan fingerprint density at radius 3 is 3.10 bits per heavy atom. The van der Waals surface area contributed by atoms with Crippen LogP contribution in [-0.4, -0.2) is 27.4 Å². The van der Waals surface area contributed by atoms with Crippen molar-refractivity contribution >= 4 is 17.2 Å². The maximum atomic E-state index is 12.0. The predicted molar refractivity (Wildman–Crippen MR) is 79.1 cm³/mol. The molecule has 0 aliphatic rings. The first kappa shape index (κ1) is 13.6. The zero-order chi connectivity index (χ0) is 14.7. The molecule has 0 spiro atoms. The minimum absolute atomic E-state index is 0.245. The van der Waals surface area contributed by atoms with E-state index in [2.05, 4.69) is 15.6 Å². The number of nitrogens with one attached hydrogen (secondary N) is 1. The molecule has 0 bridgehead atoms. The molecule has 0 fully saturated rings. The van der Waals surface area contributed by atoms with Crippen LogP contribution in [0.4, 0.5) is 0 Å². The summed E-state index contributed by atoms with van der Waals surface area (Å²) >= 11 is 1.57. The van der Waals surface area contributed by atoms with Crippen LogP contribution >= 0.6 is 11.3 Å². The predicted octanol–water partition coefficient (Wildman–Crippen LogP) is 2.34. The van der Waals surface area contributed by atoms with Crippen LogP contribution in [0.15, 0.2) is 40.5 Å². The molecule has 1 amide bonds. The summed E-state index contributed by atoms with van der Waals surface area (Å²) in [4.78, 5) is 12.9. The number of carbonyl (C=O) groups excluding carboxylic acids is 1. The standard InChI is InChI=1S/C14H14N4O2S/c1-10-7-13(21-9-10)12-8-11(17-20-12)14(19)15-4-6-18-5-2-3-16-18/h2-3,5,7-9H,4,6H2,1H3,(H,15,19). The number of rotatable bonds is 5. The largest absolute Gasteiger partial charge is 0.355 e. The van der Waals surface area contributed by atoms with Gasteiger partial charge in [0.15, 0.2) is 11.5 Å². The second kappa shape index (κ2) is 5.92. The Morgan fingerprint density at radius 1 is 1.48 bits per heavy atom. The third-order valence-electron chi connectivity index (χ3n) is 2.90. The zero-order valence-electron chi connectivity index (χ0n) is 11.4. The lowest BCUT2D eigenvalue weighted by molar-refractivity contribution is 0.0943. The quantitative estimate of drug-likeness (QED) is 0.785. The van der Waals surface area contributed by atoms with Gasteiger partial charge in [-0.2, -0.15) is 5.10 Å². The maximum absolute atomic E-state index is 12.0. The van der Waals surface area contributed by atoms with E-state index < -0.39 is 0 Å². The average molecular weight is 302 g/mol. The van der Waals surface area contributed by atoms with Crippen LogP contribution in [0.1, 0.15) is 16.1 Å². The molecule has 0 unspecified atom stereocenters. The van der Waals surface area contributed by atoms with Gasteiger partial charge in [0.2, 0.25) is 0 Å². The minimum atomic E-state index is -0.245. The van der Waals surface area contributed by atoms with Crippen molar-refractivity contribution in [2.75, 3.05) is 6.54 Å². The highest BCUT2D eigenvalue weighted by molar-refractivity contribution is 7.13. The highest BCUT2D eigenvalue weighted by atomic mass is 32.1. The zero-order valence-corrected chi connectivity index (χ0v) is 12.3. The molecule has 0 radical (unpaired) electrons. The van der Waals surface area contributed by atoms with Gasteiger partial charge < -0.3 is 9.84 Å². The molecule has 3 aromatic heterocycles. The molecule has 0 saturated carbocycles. The lowest BCUT2D eigenvalue weighted by Crippen LogP contribution is -2.27. The Labute approximate surface area is 125 Å². The first-order valence-electron chi connectivity index (χ1n) is 6.50. The lowest BCUT2D eigenvalue weighted by atomic mass is 10.3. The van der Waals surface area contributed by atoms with Crippen LogP contribution in [-0.2, 0) is 6.54 Å². The second-order valence-corrected chi connectivity index (χ2v) is 5.50. The number of carbonyl (C=O) groups is 1. The first-order chi connectivity index (χ1) is 10.2. The highest BCUT2D eigenvalue weighted by Crippen LogP contribution is 2.27. The number of hydrogen-bond acceptors (Lipinski definition) is 5. The van der Waals surface area contributed by atoms with Crippen molar-refractivity contribution in [1.82, 2.24) is 20.3 Å². The second-order valence-electron chi connectivity index (χ2n) is 4.59. The summed E-state index contributed by atoms with van der Waals surface area (Å²) in [5.74, 6) is 0.371. The third-order valence-corrected chi connectivity index (χ3v) is 3.96. The molecule has 6 nitrogen and oxygen atoms in total. The number of thiophene rings is 1. The fraction of sp³-hybridized carbons (Fsp3) is 0.214. The molecular weight excluding hydrogens is 288 g/mol. The number of aromatic nitrogens is 3. The molecule has 0 saturated heterocycles. The maximum Gasteiger partial charge on any atom is 0.273 e. The van der Waals surface area contributed by atoms with E-state index in [1.165, 1.54) is 0 Å². The van der Waals surface area contributed by atoms with Crippen LogP contribution in [0.2, 0.25) is 0 Å². The molecule has 0 aliphatic heterocycles. The highest BCUT2D eigenvalue weighted by Gasteiger charge is 2.14. The van der Waals surface area contributed by atoms with Crippen LogP contribution in [0.25, 0.3) is 10.6 Å². The topological polar surface area (TPSA) is 73.0 Å². The molecule has 7 heteroatoms. The van der Waals surface area contributed by atoms with Gasteiger partial charge in [-0.15, -0.1) is 11.3 Å². The number of hydrogen-bond donors (Lipinski definition) is 1. The van der Waals surface area contributed by atoms with E-state index in [1.54, 1.807) is 28.3 Å². The van der Waals surface area contributed by atoms with Gasteiger partial charge >= 0.3 is 0 Å². The fourth-order valence-electron chi connectivity index (χ4n) is 1.87. The molecule has 0 atom stereocenters. The van der Waals surface area contributed by atoms with Gasteiger partial charge in [-0.3, -0.25) is 9.48 Å². The first-order valence-corrected chi connectivity index (χ1v) is 7.38. The fourth-order valence-corrected chi connectivity index (χ4v) is 2.71. The van der Waals surface area contributed by atoms with Crippen molar-refractivity contribution in [3.05, 3.63) is 47.2 Å². The van der Waals surface area contributed by atoms with E-state index in [9.17, 15) is 4.79 Å². The summed E-state index contributed by atoms with van der Waals surface area (Å²) in [6.07, 6.45) is 3.55. The van der Waals surface area contributed by atoms with E-state index in [1.807, 2.05) is 30.6 Å². The lowest BCUT2D eigenvalue weighted by Gasteiger charge is -2.02. The molecule has 3 heterocycles. The van der Waals surface area contributed by atoms with Gasteiger partial charge in [0.1, 0.15) is 0 Å². The van der Waals surface area contributed by atoms with E-state index in [0.717, 1.165) is 10.4 Å². The van der Waals surface area contributed by atoms with Crippen molar-refractivity contribution < 1.29 is 9.32 Å². The molecule has 3 rings (SSSR count). The van der Waals surface area contributed by atoms with E-state index in [0.29, 0.717) is 18.8 Å². The Hall–Kier alpha value is -2.41. The van der Waals surface area contributed by atoms with Gasteiger partial charge in [-0.25, -0.2) is 0 Å². The normalized spacial score (nSPS) is 10.7. The summed E-state index contributed by atoms with van der Waals surface area (Å²) in [7, 11) is 0. The van der Waals surface area contributed by atoms with Crippen molar-refractivity contribution in [3.8, 4) is 10.6 Å². The minimum Gasteiger partial charge on any atom is -0.355 e. The summed E-state index contributed by atoms with van der Waals surface area (Å²) < 4.78 is 6.97. The van der Waals surface area contributed by atoms with Gasteiger partial charge in [-0.1, -0.05) is 5.16 Å². The number of nitrogens with zero attached hydrogens (tertiary/aromatic N) is 3.